The van der Waals surface area contributed by atoms with Crippen LogP contribution < -0.4 is 5.32 Å². The third kappa shape index (κ3) is 3.14. The van der Waals surface area contributed by atoms with Crippen molar-refractivity contribution in [3.63, 3.8) is 0 Å². The van der Waals surface area contributed by atoms with Gasteiger partial charge in [0.15, 0.2) is 0 Å². The Morgan fingerprint density at radius 3 is 3.04 bits per heavy atom. The predicted molar refractivity (Wildman–Crippen MR) is 87.5 cm³/mol. The van der Waals surface area contributed by atoms with E-state index >= 15 is 0 Å². The number of aliphatic hydroxyl groups is 1. The number of hydrogen-bond donors (Lipinski definition) is 2. The summed E-state index contributed by atoms with van der Waals surface area (Å²) in [5.74, 6) is -0.319. The van der Waals surface area contributed by atoms with Crippen LogP contribution in [0.2, 0.25) is 0 Å². The van der Waals surface area contributed by atoms with Crippen molar-refractivity contribution in [3.8, 4) is 0 Å². The highest BCUT2D eigenvalue weighted by Crippen LogP contribution is 2.21. The predicted octanol–water partition coefficient (Wildman–Crippen LogP) is 0.0236. The van der Waals surface area contributed by atoms with Crippen molar-refractivity contribution >= 4 is 17.5 Å². The number of carbonyl (C=O) groups excluding carboxylic acids is 2. The molecule has 0 radical (unpaired) electrons. The van der Waals surface area contributed by atoms with Crippen LogP contribution in [0.25, 0.3) is 5.65 Å². The molecule has 0 aliphatic carbocycles. The van der Waals surface area contributed by atoms with E-state index in [-0.39, 0.29) is 24.3 Å². The molecule has 1 atom stereocenters. The van der Waals surface area contributed by atoms with Crippen LogP contribution in [0.4, 0.5) is 0 Å². The molecule has 0 spiro atoms. The highest BCUT2D eigenvalue weighted by atomic mass is 16.3. The Kier molecular flexibility index (Phi) is 4.84. The maximum Gasteiger partial charge on any atom is 0.259 e. The average molecular weight is 333 g/mol. The molecule has 0 unspecified atom stereocenters. The molecule has 1 fully saturated rings. The third-order valence-electron chi connectivity index (χ3n) is 4.48. The van der Waals surface area contributed by atoms with Crippen molar-refractivity contribution in [2.45, 2.75) is 19.3 Å². The number of aliphatic hydroxyl groups excluding tert-OH is 1. The molecule has 3 heterocycles. The second-order valence-corrected chi connectivity index (χ2v) is 6.19. The number of nitrogens with one attached hydrogen (secondary N) is 1. The number of carbonyl (C=O) groups is 2. The second-order valence-electron chi connectivity index (χ2n) is 6.19. The molecular formula is C16H23N5O3. The van der Waals surface area contributed by atoms with Crippen molar-refractivity contribution in [3.05, 3.63) is 24.2 Å². The van der Waals surface area contributed by atoms with Gasteiger partial charge in [0.2, 0.25) is 5.91 Å². The molecule has 130 valence electrons. The first-order valence-corrected chi connectivity index (χ1v) is 8.28. The summed E-state index contributed by atoms with van der Waals surface area (Å²) in [6.45, 7) is 1.60. The summed E-state index contributed by atoms with van der Waals surface area (Å²) < 4.78 is 3.54. The quantitative estimate of drug-likeness (QED) is 0.755. The minimum Gasteiger partial charge on any atom is -0.396 e. The molecule has 2 aromatic heterocycles. The van der Waals surface area contributed by atoms with Crippen LogP contribution in [0.1, 0.15) is 29.6 Å². The maximum atomic E-state index is 12.8. The highest BCUT2D eigenvalue weighted by molar-refractivity contribution is 6.00. The standard InChI is InChI=1S/C16H23N5O3/c1-19-7-8-21-15(19)13(10-18-21)16(24)20-6-2-4-12(11-20)14(23)17-5-3-9-22/h7-8,10,12,22H,2-6,9,11H2,1H3,(H,17,23)/t12-/m1/s1. The summed E-state index contributed by atoms with van der Waals surface area (Å²) in [4.78, 5) is 26.8. The topological polar surface area (TPSA) is 91.9 Å². The number of imidazole rings is 1. The normalized spacial score (nSPS) is 18.1. The molecule has 8 nitrogen and oxygen atoms in total. The van der Waals surface area contributed by atoms with Gasteiger partial charge in [-0.15, -0.1) is 0 Å². The Labute approximate surface area is 140 Å². The van der Waals surface area contributed by atoms with Crippen LogP contribution in [-0.2, 0) is 11.8 Å². The molecule has 0 bridgehead atoms. The van der Waals surface area contributed by atoms with Crippen LogP contribution in [-0.4, -0.2) is 62.2 Å². The number of likely N-dealkylation sites (tertiary alicyclic amines) is 1. The van der Waals surface area contributed by atoms with Gasteiger partial charge < -0.3 is 19.9 Å². The first kappa shape index (κ1) is 16.5. The van der Waals surface area contributed by atoms with Crippen LogP contribution in [0.3, 0.4) is 0 Å². The molecule has 3 rings (SSSR count). The zero-order chi connectivity index (χ0) is 17.1. The lowest BCUT2D eigenvalue weighted by atomic mass is 9.96. The van der Waals surface area contributed by atoms with E-state index in [1.807, 2.05) is 17.8 Å². The molecular weight excluding hydrogens is 310 g/mol. The van der Waals surface area contributed by atoms with E-state index < -0.39 is 0 Å². The van der Waals surface area contributed by atoms with Gasteiger partial charge in [0.1, 0.15) is 11.2 Å². The third-order valence-corrected chi connectivity index (χ3v) is 4.48. The summed E-state index contributed by atoms with van der Waals surface area (Å²) in [5, 5.41) is 15.8. The van der Waals surface area contributed by atoms with E-state index in [4.69, 9.17) is 5.11 Å². The minimum absolute atomic E-state index is 0.0417. The second kappa shape index (κ2) is 7.04. The van der Waals surface area contributed by atoms with Crippen molar-refractivity contribution in [1.29, 1.82) is 0 Å². The van der Waals surface area contributed by atoms with Gasteiger partial charge in [0.25, 0.3) is 5.91 Å². The summed E-state index contributed by atoms with van der Waals surface area (Å²) in [6.07, 6.45) is 7.38. The number of aryl methyl sites for hydroxylation is 1. The van der Waals surface area contributed by atoms with Crippen molar-refractivity contribution in [2.24, 2.45) is 13.0 Å². The SMILES string of the molecule is Cn1ccn2ncc(C(=O)N3CCC[C@@H](C(=O)NCCCO)C3)c12. The number of aromatic nitrogens is 3. The maximum absolute atomic E-state index is 12.8. The molecule has 2 aromatic rings. The number of fused-ring (bicyclic) bond motifs is 1. The Bertz CT molecular complexity index is 735. The molecule has 0 aromatic carbocycles. The fraction of sp³-hybridized carbons (Fsp3) is 0.562. The highest BCUT2D eigenvalue weighted by Gasteiger charge is 2.30. The molecule has 0 saturated carbocycles. The van der Waals surface area contributed by atoms with Crippen LogP contribution in [0.15, 0.2) is 18.6 Å². The smallest absolute Gasteiger partial charge is 0.259 e. The molecule has 8 heteroatoms. The van der Waals surface area contributed by atoms with Gasteiger partial charge in [-0.05, 0) is 19.3 Å². The van der Waals surface area contributed by atoms with Gasteiger partial charge in [-0.3, -0.25) is 9.59 Å². The van der Waals surface area contributed by atoms with E-state index in [1.54, 1.807) is 21.8 Å². The lowest BCUT2D eigenvalue weighted by molar-refractivity contribution is -0.126. The van der Waals surface area contributed by atoms with Gasteiger partial charge in [-0.1, -0.05) is 0 Å². The monoisotopic (exact) mass is 333 g/mol. The van der Waals surface area contributed by atoms with E-state index in [0.29, 0.717) is 31.6 Å². The van der Waals surface area contributed by atoms with Crippen LogP contribution in [0, 0.1) is 5.92 Å². The van der Waals surface area contributed by atoms with Crippen molar-refractivity contribution in [1.82, 2.24) is 24.4 Å². The van der Waals surface area contributed by atoms with Gasteiger partial charge in [-0.25, -0.2) is 4.52 Å². The Balaban J connectivity index is 1.69. The van der Waals surface area contributed by atoms with Crippen molar-refractivity contribution in [2.75, 3.05) is 26.2 Å². The largest absolute Gasteiger partial charge is 0.396 e. The first-order valence-electron chi connectivity index (χ1n) is 8.28. The fourth-order valence-corrected chi connectivity index (χ4v) is 3.18. The van der Waals surface area contributed by atoms with Crippen LogP contribution in [0.5, 0.6) is 0 Å². The summed E-state index contributed by atoms with van der Waals surface area (Å²) in [5.41, 5.74) is 1.32. The first-order chi connectivity index (χ1) is 11.6. The average Bonchev–Trinajstić information content (AvgIpc) is 3.18. The van der Waals surface area contributed by atoms with E-state index in [9.17, 15) is 9.59 Å². The Morgan fingerprint density at radius 2 is 2.25 bits per heavy atom. The zero-order valence-electron chi connectivity index (χ0n) is 13.8. The fourth-order valence-electron chi connectivity index (χ4n) is 3.18. The number of piperidine rings is 1. The van der Waals surface area contributed by atoms with Gasteiger partial charge >= 0.3 is 0 Å². The van der Waals surface area contributed by atoms with Gasteiger partial charge in [-0.2, -0.15) is 5.10 Å². The molecule has 1 saturated heterocycles. The van der Waals surface area contributed by atoms with Gasteiger partial charge in [0.05, 0.1) is 12.1 Å². The van der Waals surface area contributed by atoms with E-state index in [1.165, 1.54) is 0 Å². The van der Waals surface area contributed by atoms with Crippen molar-refractivity contribution < 1.29 is 14.7 Å². The Morgan fingerprint density at radius 1 is 1.42 bits per heavy atom. The Hall–Kier alpha value is -2.35. The minimum atomic E-state index is -0.194. The lowest BCUT2D eigenvalue weighted by Crippen LogP contribution is -2.45. The number of amides is 2. The molecule has 1 aliphatic rings. The summed E-state index contributed by atoms with van der Waals surface area (Å²) in [6, 6.07) is 0. The number of nitrogens with zero attached hydrogens (tertiary/aromatic N) is 4. The van der Waals surface area contributed by atoms with Gasteiger partial charge in [0, 0.05) is 45.7 Å². The summed E-state index contributed by atoms with van der Waals surface area (Å²) in [7, 11) is 1.88. The molecule has 2 amide bonds. The number of rotatable bonds is 5. The lowest BCUT2D eigenvalue weighted by Gasteiger charge is -2.31. The molecule has 2 N–H and O–H groups in total. The molecule has 1 aliphatic heterocycles. The van der Waals surface area contributed by atoms with E-state index in [0.717, 1.165) is 18.5 Å². The summed E-state index contributed by atoms with van der Waals surface area (Å²) >= 11 is 0. The van der Waals surface area contributed by atoms with E-state index in [2.05, 4.69) is 10.4 Å². The number of hydrogen-bond acceptors (Lipinski definition) is 4. The van der Waals surface area contributed by atoms with Crippen LogP contribution >= 0.6 is 0 Å². The zero-order valence-corrected chi connectivity index (χ0v) is 13.8. The molecule has 24 heavy (non-hydrogen) atoms.